The highest BCUT2D eigenvalue weighted by molar-refractivity contribution is 7.99. The van der Waals surface area contributed by atoms with E-state index >= 15 is 0 Å². The summed E-state index contributed by atoms with van der Waals surface area (Å²) in [6.45, 7) is 15.5. The van der Waals surface area contributed by atoms with Gasteiger partial charge < -0.3 is 27.7 Å². The maximum Gasteiger partial charge on any atom is 0.356 e. The van der Waals surface area contributed by atoms with Crippen LogP contribution in [0.5, 0.6) is 0 Å². The van der Waals surface area contributed by atoms with Crippen LogP contribution < -0.4 is 0 Å². The molecule has 0 unspecified atom stereocenters. The van der Waals surface area contributed by atoms with Crippen LogP contribution in [-0.2, 0) is 30.5 Å². The Bertz CT molecular complexity index is 2010. The Balaban J connectivity index is 1.47. The highest BCUT2D eigenvalue weighted by Crippen LogP contribution is 2.39. The minimum atomic E-state index is -0.513. The van der Waals surface area contributed by atoms with Crippen molar-refractivity contribution in [3.8, 4) is 0 Å². The first kappa shape index (κ1) is 38.5. The summed E-state index contributed by atoms with van der Waals surface area (Å²) < 4.78 is 25.4. The summed E-state index contributed by atoms with van der Waals surface area (Å²) in [5, 5.41) is 0. The summed E-state index contributed by atoms with van der Waals surface area (Å²) in [7, 11) is 0. The third-order valence-corrected chi connectivity index (χ3v) is 10.6. The first-order chi connectivity index (χ1) is 24.9. The van der Waals surface area contributed by atoms with E-state index in [1.165, 1.54) is 23.5 Å². The minimum absolute atomic E-state index is 0.191. The quantitative estimate of drug-likeness (QED) is 0.0622. The molecule has 4 heterocycles. The van der Waals surface area contributed by atoms with Gasteiger partial charge in [0.15, 0.2) is 0 Å². The zero-order valence-corrected chi connectivity index (χ0v) is 32.5. The number of pyridine rings is 2. The van der Waals surface area contributed by atoms with Crippen LogP contribution in [0.25, 0.3) is 11.0 Å². The van der Waals surface area contributed by atoms with E-state index in [1.54, 1.807) is 36.5 Å². The third kappa shape index (κ3) is 7.73. The second-order valence-corrected chi connectivity index (χ2v) is 14.2. The zero-order chi connectivity index (χ0) is 37.7. The van der Waals surface area contributed by atoms with E-state index in [2.05, 4.69) is 0 Å². The first-order valence-corrected chi connectivity index (χ1v) is 19.2. The number of esters is 4. The molecule has 0 aliphatic rings. The Hall–Kier alpha value is -4.68. The fourth-order valence-corrected chi connectivity index (χ4v) is 8.65. The molecule has 0 spiro atoms. The Morgan fingerprint density at radius 2 is 0.865 bits per heavy atom. The van der Waals surface area contributed by atoms with Crippen molar-refractivity contribution in [3.63, 3.8) is 0 Å². The van der Waals surface area contributed by atoms with Gasteiger partial charge in [0.05, 0.1) is 58.4 Å². The molecule has 0 aliphatic carbocycles. The van der Waals surface area contributed by atoms with Crippen molar-refractivity contribution in [2.45, 2.75) is 76.7 Å². The molecule has 0 N–H and O–H groups in total. The highest BCUT2D eigenvalue weighted by atomic mass is 32.2. The van der Waals surface area contributed by atoms with Crippen LogP contribution in [-0.4, -0.2) is 59.1 Å². The SMILES string of the molecule is CCOC(=O)c1c(SCc2ccc(CSc3c(C(=O)OCC)c4c(C)cc(C)cn4c3C(=O)OCC)cc2)c(C(=O)OCC)n2cc(C)cc(C)c12. The van der Waals surface area contributed by atoms with E-state index in [9.17, 15) is 19.2 Å². The van der Waals surface area contributed by atoms with Gasteiger partial charge in [0, 0.05) is 23.9 Å². The van der Waals surface area contributed by atoms with Gasteiger partial charge in [-0.2, -0.15) is 0 Å². The van der Waals surface area contributed by atoms with Crippen LogP contribution in [0, 0.1) is 27.7 Å². The van der Waals surface area contributed by atoms with Crippen molar-refractivity contribution in [1.82, 2.24) is 8.80 Å². The number of carbonyl (C=O) groups is 4. The molecule has 12 heteroatoms. The molecule has 274 valence electrons. The topological polar surface area (TPSA) is 114 Å². The molecule has 0 saturated heterocycles. The number of rotatable bonds is 14. The number of ether oxygens (including phenoxy) is 4. The van der Waals surface area contributed by atoms with E-state index < -0.39 is 23.9 Å². The van der Waals surface area contributed by atoms with Gasteiger partial charge in [-0.1, -0.05) is 36.4 Å². The van der Waals surface area contributed by atoms with Crippen LogP contribution >= 0.6 is 23.5 Å². The summed E-state index contributed by atoms with van der Waals surface area (Å²) in [4.78, 5) is 54.5. The fraction of sp³-hybridized carbons (Fsp3) is 0.350. The number of hydrogen-bond donors (Lipinski definition) is 0. The van der Waals surface area contributed by atoms with Crippen molar-refractivity contribution in [3.05, 3.63) is 105 Å². The number of aryl methyl sites for hydroxylation is 4. The molecule has 0 radical (unpaired) electrons. The maximum absolute atomic E-state index is 13.4. The van der Waals surface area contributed by atoms with E-state index in [1.807, 2.05) is 76.5 Å². The van der Waals surface area contributed by atoms with Crippen molar-refractivity contribution in [1.29, 1.82) is 0 Å². The Morgan fingerprint density at radius 1 is 0.538 bits per heavy atom. The Kier molecular flexibility index (Phi) is 12.4. The van der Waals surface area contributed by atoms with Crippen LogP contribution in [0.15, 0.2) is 58.6 Å². The molecule has 0 fully saturated rings. The van der Waals surface area contributed by atoms with Gasteiger partial charge >= 0.3 is 23.9 Å². The van der Waals surface area contributed by atoms with Crippen molar-refractivity contribution >= 4 is 58.4 Å². The summed E-state index contributed by atoms with van der Waals surface area (Å²) in [5.74, 6) is -1.09. The maximum atomic E-state index is 13.4. The zero-order valence-electron chi connectivity index (χ0n) is 30.8. The number of benzene rings is 1. The van der Waals surface area contributed by atoms with Gasteiger partial charge in [-0.05, 0) is 88.8 Å². The summed E-state index contributed by atoms with van der Waals surface area (Å²) in [5.41, 5.74) is 8.03. The van der Waals surface area contributed by atoms with Crippen molar-refractivity contribution in [2.24, 2.45) is 0 Å². The average Bonchev–Trinajstić information content (AvgIpc) is 3.60. The molecule has 0 amide bonds. The Labute approximate surface area is 312 Å². The van der Waals surface area contributed by atoms with Gasteiger partial charge in [-0.3, -0.25) is 0 Å². The molecule has 0 bridgehead atoms. The molecule has 1 aromatic carbocycles. The second-order valence-electron chi connectivity index (χ2n) is 12.2. The predicted octanol–water partition coefficient (Wildman–Crippen LogP) is 8.72. The third-order valence-electron chi connectivity index (χ3n) is 8.31. The van der Waals surface area contributed by atoms with Crippen LogP contribution in [0.2, 0.25) is 0 Å². The van der Waals surface area contributed by atoms with Gasteiger partial charge in [0.25, 0.3) is 0 Å². The standard InChI is InChI=1S/C40H44N2O8S2/c1-9-47-37(43)29-31-25(7)17-23(5)19-41(31)33(39(45)49-11-3)35(29)51-21-27-13-15-28(16-14-27)22-52-36-30(38(44)48-10-2)32-26(8)18-24(6)20-42(32)34(36)40(46)50-12-4/h13-20H,9-12,21-22H2,1-8H3. The van der Waals surface area contributed by atoms with Crippen molar-refractivity contribution in [2.75, 3.05) is 26.4 Å². The largest absolute Gasteiger partial charge is 0.462 e. The highest BCUT2D eigenvalue weighted by Gasteiger charge is 2.32. The molecular formula is C40H44N2O8S2. The molecule has 4 aromatic heterocycles. The monoisotopic (exact) mass is 744 g/mol. The number of thioether (sulfide) groups is 2. The number of carbonyl (C=O) groups excluding carboxylic acids is 4. The number of fused-ring (bicyclic) bond motifs is 2. The predicted molar refractivity (Wildman–Crippen MR) is 203 cm³/mol. The number of nitrogens with zero attached hydrogens (tertiary/aromatic N) is 2. The molecule has 10 nitrogen and oxygen atoms in total. The molecule has 52 heavy (non-hydrogen) atoms. The van der Waals surface area contributed by atoms with Crippen LogP contribution in [0.4, 0.5) is 0 Å². The summed E-state index contributed by atoms with van der Waals surface area (Å²) >= 11 is 2.77. The molecule has 0 atom stereocenters. The van der Waals surface area contributed by atoms with Crippen LogP contribution in [0.3, 0.4) is 0 Å². The van der Waals surface area contributed by atoms with E-state index in [0.717, 1.165) is 33.4 Å². The van der Waals surface area contributed by atoms with E-state index in [-0.39, 0.29) is 26.4 Å². The van der Waals surface area contributed by atoms with Crippen molar-refractivity contribution < 1.29 is 38.1 Å². The first-order valence-electron chi connectivity index (χ1n) is 17.3. The summed E-state index contributed by atoms with van der Waals surface area (Å²) in [6, 6.07) is 11.9. The van der Waals surface area contributed by atoms with E-state index in [4.69, 9.17) is 18.9 Å². The molecule has 0 saturated carbocycles. The lowest BCUT2D eigenvalue weighted by molar-refractivity contribution is 0.0498. The fourth-order valence-electron chi connectivity index (χ4n) is 6.36. The van der Waals surface area contributed by atoms with Gasteiger partial charge in [0.2, 0.25) is 0 Å². The van der Waals surface area contributed by atoms with Gasteiger partial charge in [-0.15, -0.1) is 23.5 Å². The lowest BCUT2D eigenvalue weighted by Crippen LogP contribution is -2.10. The molecule has 5 aromatic rings. The molecule has 5 rings (SSSR count). The Morgan fingerprint density at radius 3 is 1.19 bits per heavy atom. The van der Waals surface area contributed by atoms with Gasteiger partial charge in [-0.25, -0.2) is 19.2 Å². The minimum Gasteiger partial charge on any atom is -0.462 e. The lowest BCUT2D eigenvalue weighted by atomic mass is 10.1. The van der Waals surface area contributed by atoms with Gasteiger partial charge in [0.1, 0.15) is 11.4 Å². The normalized spacial score (nSPS) is 11.2. The average molecular weight is 745 g/mol. The molecule has 0 aliphatic heterocycles. The number of hydrogen-bond acceptors (Lipinski definition) is 10. The molecular weight excluding hydrogens is 701 g/mol. The van der Waals surface area contributed by atoms with Crippen LogP contribution in [0.1, 0.15) is 103 Å². The second kappa shape index (κ2) is 16.8. The summed E-state index contributed by atoms with van der Waals surface area (Å²) in [6.07, 6.45) is 3.68. The number of aromatic nitrogens is 2. The smallest absolute Gasteiger partial charge is 0.356 e. The lowest BCUT2D eigenvalue weighted by Gasteiger charge is -2.09. The van der Waals surface area contributed by atoms with E-state index in [0.29, 0.717) is 54.8 Å².